The Morgan fingerprint density at radius 3 is 2.30 bits per heavy atom. The molecular weight excluding hydrogens is 251 g/mol. The SMILES string of the molecule is CC(Nc1cccc(F)n1)C12CC3CC(CC(C3)C1)C2. The molecule has 4 bridgehead atoms. The van der Waals surface area contributed by atoms with Crippen molar-refractivity contribution < 1.29 is 4.39 Å². The molecule has 1 heterocycles. The van der Waals surface area contributed by atoms with Crippen LogP contribution in [0.3, 0.4) is 0 Å². The number of nitrogens with one attached hydrogen (secondary N) is 1. The molecule has 0 aliphatic heterocycles. The molecule has 4 aliphatic rings. The second-order valence-electron chi connectivity index (χ2n) is 7.49. The van der Waals surface area contributed by atoms with Crippen molar-refractivity contribution in [3.63, 3.8) is 0 Å². The zero-order valence-electron chi connectivity index (χ0n) is 12.1. The average Bonchev–Trinajstić information content (AvgIpc) is 2.37. The van der Waals surface area contributed by atoms with Crippen molar-refractivity contribution in [1.82, 2.24) is 4.98 Å². The van der Waals surface area contributed by atoms with Crippen molar-refractivity contribution in [2.75, 3.05) is 5.32 Å². The minimum atomic E-state index is -0.396. The number of anilines is 1. The molecule has 108 valence electrons. The molecule has 0 radical (unpaired) electrons. The Kier molecular flexibility index (Phi) is 2.80. The van der Waals surface area contributed by atoms with E-state index in [1.807, 2.05) is 6.07 Å². The molecule has 4 aliphatic carbocycles. The van der Waals surface area contributed by atoms with Crippen molar-refractivity contribution in [2.45, 2.75) is 51.5 Å². The Morgan fingerprint density at radius 2 is 1.75 bits per heavy atom. The van der Waals surface area contributed by atoms with Crippen LogP contribution in [-0.2, 0) is 0 Å². The molecule has 1 atom stereocenters. The first kappa shape index (κ1) is 12.6. The van der Waals surface area contributed by atoms with Gasteiger partial charge in [0, 0.05) is 6.04 Å². The monoisotopic (exact) mass is 274 g/mol. The summed E-state index contributed by atoms with van der Waals surface area (Å²) in [6.45, 7) is 2.28. The normalized spacial score (nSPS) is 39.8. The lowest BCUT2D eigenvalue weighted by atomic mass is 9.48. The summed E-state index contributed by atoms with van der Waals surface area (Å²) in [5, 5.41) is 3.49. The summed E-state index contributed by atoms with van der Waals surface area (Å²) in [5.41, 5.74) is 0.433. The molecular formula is C17H23FN2. The van der Waals surface area contributed by atoms with Crippen LogP contribution in [0.2, 0.25) is 0 Å². The van der Waals surface area contributed by atoms with Crippen LogP contribution in [0.5, 0.6) is 0 Å². The topological polar surface area (TPSA) is 24.9 Å². The Labute approximate surface area is 120 Å². The highest BCUT2D eigenvalue weighted by molar-refractivity contribution is 5.35. The van der Waals surface area contributed by atoms with Gasteiger partial charge in [-0.05, 0) is 80.8 Å². The fourth-order valence-corrected chi connectivity index (χ4v) is 5.57. The van der Waals surface area contributed by atoms with Gasteiger partial charge in [0.1, 0.15) is 5.82 Å². The van der Waals surface area contributed by atoms with Crippen LogP contribution in [0.4, 0.5) is 10.2 Å². The van der Waals surface area contributed by atoms with Crippen molar-refractivity contribution >= 4 is 5.82 Å². The molecule has 1 unspecified atom stereocenters. The third-order valence-corrected chi connectivity index (χ3v) is 6.08. The summed E-state index contributed by atoms with van der Waals surface area (Å²) in [6, 6.07) is 5.41. The Balaban J connectivity index is 1.54. The molecule has 0 amide bonds. The molecule has 20 heavy (non-hydrogen) atoms. The number of nitrogens with zero attached hydrogens (tertiary/aromatic N) is 1. The Morgan fingerprint density at radius 1 is 1.15 bits per heavy atom. The van der Waals surface area contributed by atoms with Crippen molar-refractivity contribution in [2.24, 2.45) is 23.2 Å². The van der Waals surface area contributed by atoms with Crippen molar-refractivity contribution in [3.05, 3.63) is 24.1 Å². The van der Waals surface area contributed by atoms with Crippen molar-refractivity contribution in [3.8, 4) is 0 Å². The molecule has 0 saturated heterocycles. The van der Waals surface area contributed by atoms with E-state index in [9.17, 15) is 4.39 Å². The smallest absolute Gasteiger partial charge is 0.214 e. The van der Waals surface area contributed by atoms with Gasteiger partial charge >= 0.3 is 0 Å². The second-order valence-corrected chi connectivity index (χ2v) is 7.49. The van der Waals surface area contributed by atoms with E-state index in [0.717, 1.165) is 17.8 Å². The quantitative estimate of drug-likeness (QED) is 0.834. The van der Waals surface area contributed by atoms with Gasteiger partial charge in [-0.2, -0.15) is 4.39 Å². The van der Waals surface area contributed by atoms with Gasteiger partial charge < -0.3 is 5.32 Å². The summed E-state index contributed by atoms with van der Waals surface area (Å²) in [6.07, 6.45) is 8.48. The maximum atomic E-state index is 13.2. The minimum Gasteiger partial charge on any atom is -0.367 e. The minimum absolute atomic E-state index is 0.394. The number of hydrogen-bond donors (Lipinski definition) is 1. The van der Waals surface area contributed by atoms with Crippen LogP contribution in [0, 0.1) is 29.1 Å². The molecule has 0 aromatic carbocycles. The summed E-state index contributed by atoms with van der Waals surface area (Å²) >= 11 is 0. The predicted molar refractivity (Wildman–Crippen MR) is 77.9 cm³/mol. The van der Waals surface area contributed by atoms with Gasteiger partial charge in [0.25, 0.3) is 0 Å². The molecule has 0 spiro atoms. The molecule has 3 heteroatoms. The van der Waals surface area contributed by atoms with Crippen LogP contribution in [-0.4, -0.2) is 11.0 Å². The van der Waals surface area contributed by atoms with Crippen LogP contribution in [0.1, 0.15) is 45.4 Å². The summed E-state index contributed by atoms with van der Waals surface area (Å²) < 4.78 is 13.2. The molecule has 4 saturated carbocycles. The van der Waals surface area contributed by atoms with E-state index in [1.165, 1.54) is 44.6 Å². The highest BCUT2D eigenvalue weighted by Gasteiger charge is 2.53. The van der Waals surface area contributed by atoms with Gasteiger partial charge in [-0.1, -0.05) is 6.07 Å². The lowest BCUT2D eigenvalue weighted by Gasteiger charge is -2.59. The van der Waals surface area contributed by atoms with E-state index < -0.39 is 5.95 Å². The van der Waals surface area contributed by atoms with Gasteiger partial charge in [-0.25, -0.2) is 4.98 Å². The Hall–Kier alpha value is -1.12. The number of aromatic nitrogens is 1. The number of rotatable bonds is 3. The molecule has 1 aromatic rings. The van der Waals surface area contributed by atoms with Gasteiger partial charge in [-0.15, -0.1) is 0 Å². The average molecular weight is 274 g/mol. The Bertz CT molecular complexity index is 478. The summed E-state index contributed by atoms with van der Waals surface area (Å²) in [5.74, 6) is 3.14. The first-order valence-corrected chi connectivity index (χ1v) is 8.02. The van der Waals surface area contributed by atoms with E-state index in [2.05, 4.69) is 17.2 Å². The van der Waals surface area contributed by atoms with Crippen LogP contribution in [0.25, 0.3) is 0 Å². The highest BCUT2D eigenvalue weighted by Crippen LogP contribution is 2.61. The third-order valence-electron chi connectivity index (χ3n) is 6.08. The maximum absolute atomic E-state index is 13.2. The first-order valence-electron chi connectivity index (χ1n) is 8.02. The largest absolute Gasteiger partial charge is 0.367 e. The predicted octanol–water partition coefficient (Wildman–Crippen LogP) is 4.24. The van der Waals surface area contributed by atoms with Crippen LogP contribution >= 0.6 is 0 Å². The van der Waals surface area contributed by atoms with E-state index in [0.29, 0.717) is 17.3 Å². The molecule has 1 N–H and O–H groups in total. The third kappa shape index (κ3) is 2.02. The number of pyridine rings is 1. The highest BCUT2D eigenvalue weighted by atomic mass is 19.1. The number of halogens is 1. The van der Waals surface area contributed by atoms with Crippen LogP contribution < -0.4 is 5.32 Å². The second kappa shape index (κ2) is 4.44. The first-order chi connectivity index (χ1) is 9.63. The van der Waals surface area contributed by atoms with E-state index >= 15 is 0 Å². The molecule has 4 fully saturated rings. The standard InChI is InChI=1S/C17H23FN2/c1-11(19-16-4-2-3-15(18)20-16)17-8-12-5-13(9-17)7-14(6-12)10-17/h2-4,11-14H,5-10H2,1H3,(H,19,20). The molecule has 5 rings (SSSR count). The van der Waals surface area contributed by atoms with Crippen molar-refractivity contribution in [1.29, 1.82) is 0 Å². The van der Waals surface area contributed by atoms with Gasteiger partial charge in [0.15, 0.2) is 0 Å². The van der Waals surface area contributed by atoms with Gasteiger partial charge in [-0.3, -0.25) is 0 Å². The molecule has 2 nitrogen and oxygen atoms in total. The van der Waals surface area contributed by atoms with E-state index in [4.69, 9.17) is 0 Å². The van der Waals surface area contributed by atoms with Gasteiger partial charge in [0.05, 0.1) is 0 Å². The summed E-state index contributed by atoms with van der Waals surface area (Å²) in [4.78, 5) is 3.96. The molecule has 1 aromatic heterocycles. The van der Waals surface area contributed by atoms with E-state index in [-0.39, 0.29) is 0 Å². The lowest BCUT2D eigenvalue weighted by Crippen LogP contribution is -2.53. The number of hydrogen-bond acceptors (Lipinski definition) is 2. The zero-order chi connectivity index (χ0) is 13.7. The van der Waals surface area contributed by atoms with Gasteiger partial charge in [0.2, 0.25) is 5.95 Å². The fraction of sp³-hybridized carbons (Fsp3) is 0.706. The van der Waals surface area contributed by atoms with Crippen LogP contribution in [0.15, 0.2) is 18.2 Å². The maximum Gasteiger partial charge on any atom is 0.214 e. The lowest BCUT2D eigenvalue weighted by molar-refractivity contribution is -0.0603. The summed E-state index contributed by atoms with van der Waals surface area (Å²) in [7, 11) is 0. The fourth-order valence-electron chi connectivity index (χ4n) is 5.57. The zero-order valence-corrected chi connectivity index (χ0v) is 12.1. The van der Waals surface area contributed by atoms with E-state index in [1.54, 1.807) is 6.07 Å².